The Bertz CT molecular complexity index is 1960. The second-order valence-corrected chi connectivity index (χ2v) is 16.5. The molecule has 0 saturated heterocycles. The molecule has 0 unspecified atom stereocenters. The van der Waals surface area contributed by atoms with Gasteiger partial charge in [-0.05, 0) is 158 Å². The van der Waals surface area contributed by atoms with Crippen LogP contribution < -0.4 is 24.8 Å². The number of carbonyl (C=O) groups is 2. The minimum absolute atomic E-state index is 0.237. The van der Waals surface area contributed by atoms with Gasteiger partial charge in [-0.3, -0.25) is 19.4 Å². The molecule has 0 bridgehead atoms. The first-order valence-electron chi connectivity index (χ1n) is 20.8. The maximum Gasteiger partial charge on any atom is 0.248 e. The minimum atomic E-state index is -0.428. The Balaban J connectivity index is 0.000000330. The van der Waals surface area contributed by atoms with Crippen LogP contribution in [0.4, 0.5) is 20.2 Å². The van der Waals surface area contributed by atoms with Gasteiger partial charge < -0.3 is 24.8 Å². The van der Waals surface area contributed by atoms with Gasteiger partial charge in [-0.25, -0.2) is 8.78 Å². The molecule has 4 aromatic carbocycles. The van der Waals surface area contributed by atoms with Crippen molar-refractivity contribution >= 4 is 58.5 Å². The lowest BCUT2D eigenvalue weighted by atomic mass is 10.1. The Morgan fingerprint density at radius 3 is 1.52 bits per heavy atom. The number of hydrogen-bond acceptors (Lipinski definition) is 7. The molecule has 0 heterocycles. The van der Waals surface area contributed by atoms with Crippen molar-refractivity contribution in [2.45, 2.75) is 92.4 Å². The van der Waals surface area contributed by atoms with Crippen LogP contribution in [0.2, 0.25) is 10.0 Å². The molecule has 0 aromatic heterocycles. The normalized spacial score (nSPS) is 11.6. The van der Waals surface area contributed by atoms with Gasteiger partial charge >= 0.3 is 0 Å². The SMILES string of the molecule is COc1ccc(NC(=O)C=Cc2ccc(F)cc2Cl)cc1CCCN(C(C)C)C(C)C.COc1ccc(NC(=O)C=Cc2ccc(F)cc2Cl)cc1OCCN(C(C)C)C(C)C. The van der Waals surface area contributed by atoms with Gasteiger partial charge in [0.15, 0.2) is 11.5 Å². The molecule has 336 valence electrons. The van der Waals surface area contributed by atoms with E-state index in [1.807, 2.05) is 18.2 Å². The van der Waals surface area contributed by atoms with E-state index in [-0.39, 0.29) is 21.9 Å². The van der Waals surface area contributed by atoms with E-state index < -0.39 is 11.6 Å². The van der Waals surface area contributed by atoms with Crippen LogP contribution in [-0.4, -0.2) is 79.7 Å². The summed E-state index contributed by atoms with van der Waals surface area (Å²) in [5.74, 6) is 0.479. The fourth-order valence-corrected chi connectivity index (χ4v) is 7.29. The first kappa shape index (κ1) is 51.4. The van der Waals surface area contributed by atoms with Crippen LogP contribution in [0.3, 0.4) is 0 Å². The summed E-state index contributed by atoms with van der Waals surface area (Å²) in [4.78, 5) is 29.4. The molecule has 0 aliphatic heterocycles. The number of ether oxygens (including phenoxy) is 3. The Morgan fingerprint density at radius 1 is 0.613 bits per heavy atom. The molecule has 62 heavy (non-hydrogen) atoms. The molecule has 0 aliphatic rings. The van der Waals surface area contributed by atoms with Crippen molar-refractivity contribution in [3.05, 3.63) is 123 Å². The number of nitrogens with one attached hydrogen (secondary N) is 2. The average Bonchev–Trinajstić information content (AvgIpc) is 3.20. The highest BCUT2D eigenvalue weighted by Gasteiger charge is 2.16. The lowest BCUT2D eigenvalue weighted by Gasteiger charge is -2.30. The summed E-state index contributed by atoms with van der Waals surface area (Å²) in [6.45, 7) is 19.7. The molecule has 9 nitrogen and oxygen atoms in total. The predicted octanol–water partition coefficient (Wildman–Crippen LogP) is 11.8. The van der Waals surface area contributed by atoms with Crippen LogP contribution in [0.1, 0.15) is 78.5 Å². The van der Waals surface area contributed by atoms with Gasteiger partial charge in [0.2, 0.25) is 11.8 Å². The Labute approximate surface area is 377 Å². The summed E-state index contributed by atoms with van der Waals surface area (Å²) in [6, 6.07) is 20.7. The number of rotatable bonds is 20. The lowest BCUT2D eigenvalue weighted by Crippen LogP contribution is -2.39. The molecule has 13 heteroatoms. The monoisotopic (exact) mass is 894 g/mol. The molecular formula is C49H62Cl2F2N4O5. The molecule has 0 spiro atoms. The van der Waals surface area contributed by atoms with Gasteiger partial charge in [0.25, 0.3) is 0 Å². The Hall–Kier alpha value is -4.94. The molecule has 2 N–H and O–H groups in total. The zero-order chi connectivity index (χ0) is 45.9. The molecule has 4 aromatic rings. The summed E-state index contributed by atoms with van der Waals surface area (Å²) in [6.07, 6.45) is 7.66. The number of benzene rings is 4. The van der Waals surface area contributed by atoms with E-state index in [0.29, 0.717) is 64.8 Å². The fraction of sp³-hybridized carbons (Fsp3) is 0.388. The summed E-state index contributed by atoms with van der Waals surface area (Å²) < 4.78 is 43.1. The quantitative estimate of drug-likeness (QED) is 0.0854. The number of carbonyl (C=O) groups excluding carboxylic acids is 2. The van der Waals surface area contributed by atoms with Crippen molar-refractivity contribution < 1.29 is 32.6 Å². The van der Waals surface area contributed by atoms with Crippen LogP contribution in [0.25, 0.3) is 12.2 Å². The zero-order valence-electron chi connectivity index (χ0n) is 37.5. The highest BCUT2D eigenvalue weighted by atomic mass is 35.5. The van der Waals surface area contributed by atoms with E-state index in [1.165, 1.54) is 54.6 Å². The summed E-state index contributed by atoms with van der Waals surface area (Å²) in [7, 11) is 3.23. The van der Waals surface area contributed by atoms with Gasteiger partial charge in [-0.1, -0.05) is 35.3 Å². The number of hydrogen-bond donors (Lipinski definition) is 2. The third-order valence-electron chi connectivity index (χ3n) is 9.86. The molecule has 0 atom stereocenters. The molecule has 0 fully saturated rings. The van der Waals surface area contributed by atoms with Gasteiger partial charge in [-0.15, -0.1) is 0 Å². The van der Waals surface area contributed by atoms with E-state index in [9.17, 15) is 18.4 Å². The molecule has 4 rings (SSSR count). The first-order valence-corrected chi connectivity index (χ1v) is 21.5. The van der Waals surface area contributed by atoms with Crippen molar-refractivity contribution in [2.75, 3.05) is 44.5 Å². The fourth-order valence-electron chi connectivity index (χ4n) is 6.83. The highest BCUT2D eigenvalue weighted by Crippen LogP contribution is 2.31. The van der Waals surface area contributed by atoms with Crippen molar-refractivity contribution in [1.29, 1.82) is 0 Å². The van der Waals surface area contributed by atoms with Crippen molar-refractivity contribution in [3.8, 4) is 17.2 Å². The number of halogens is 4. The van der Waals surface area contributed by atoms with Crippen LogP contribution in [0.5, 0.6) is 17.2 Å². The van der Waals surface area contributed by atoms with Crippen LogP contribution in [-0.2, 0) is 16.0 Å². The molecule has 0 saturated carbocycles. The maximum atomic E-state index is 13.1. The van der Waals surface area contributed by atoms with Crippen molar-refractivity contribution in [2.24, 2.45) is 0 Å². The first-order chi connectivity index (χ1) is 29.4. The second-order valence-electron chi connectivity index (χ2n) is 15.7. The van der Waals surface area contributed by atoms with Crippen LogP contribution >= 0.6 is 23.2 Å². The standard InChI is InChI=1S/C25H32ClFN2O2.C24H30ClFN2O3/c1-17(2)29(18(3)4)14-6-7-20-15-22(11-12-24(20)31-5)28-25(30)13-9-19-8-10-21(27)16-23(19)26;1-16(2)28(17(3)4)12-13-31-23-15-20(9-10-22(23)30-5)27-24(29)11-7-18-6-8-19(26)14-21(18)25/h8-13,15-18H,6-7,14H2,1-5H3,(H,28,30);6-11,14-17H,12-13H2,1-5H3,(H,27,29). The number of nitrogens with zero attached hydrogens (tertiary/aromatic N) is 2. The molecule has 2 amide bonds. The third-order valence-corrected chi connectivity index (χ3v) is 10.5. The van der Waals surface area contributed by atoms with E-state index in [2.05, 4.69) is 75.8 Å². The number of anilines is 2. The van der Waals surface area contributed by atoms with Gasteiger partial charge in [0.05, 0.1) is 24.3 Å². The van der Waals surface area contributed by atoms with E-state index in [4.69, 9.17) is 37.4 Å². The van der Waals surface area contributed by atoms with Crippen molar-refractivity contribution in [1.82, 2.24) is 9.80 Å². The van der Waals surface area contributed by atoms with Crippen molar-refractivity contribution in [3.63, 3.8) is 0 Å². The second kappa shape index (κ2) is 25.9. The van der Waals surface area contributed by atoms with E-state index in [1.54, 1.807) is 38.5 Å². The number of aryl methyl sites for hydroxylation is 1. The lowest BCUT2D eigenvalue weighted by molar-refractivity contribution is -0.112. The zero-order valence-corrected chi connectivity index (χ0v) is 39.0. The minimum Gasteiger partial charge on any atom is -0.496 e. The van der Waals surface area contributed by atoms with Crippen LogP contribution in [0.15, 0.2) is 84.9 Å². The van der Waals surface area contributed by atoms with Gasteiger partial charge in [-0.2, -0.15) is 0 Å². The Kier molecular flexibility index (Phi) is 21.4. The van der Waals surface area contributed by atoms with E-state index >= 15 is 0 Å². The predicted molar refractivity (Wildman–Crippen MR) is 252 cm³/mol. The maximum absolute atomic E-state index is 13.1. The summed E-state index contributed by atoms with van der Waals surface area (Å²) in [5.41, 5.74) is 3.45. The molecule has 0 radical (unpaired) electrons. The van der Waals surface area contributed by atoms with Gasteiger partial charge in [0.1, 0.15) is 24.0 Å². The topological polar surface area (TPSA) is 92.4 Å². The van der Waals surface area contributed by atoms with E-state index in [0.717, 1.165) is 37.2 Å². The number of methoxy groups -OCH3 is 2. The smallest absolute Gasteiger partial charge is 0.248 e. The van der Waals surface area contributed by atoms with Crippen LogP contribution in [0, 0.1) is 11.6 Å². The van der Waals surface area contributed by atoms with Gasteiger partial charge in [0, 0.05) is 60.3 Å². The summed E-state index contributed by atoms with van der Waals surface area (Å²) >= 11 is 12.0. The largest absolute Gasteiger partial charge is 0.496 e. The number of amides is 2. The Morgan fingerprint density at radius 2 is 1.06 bits per heavy atom. The third kappa shape index (κ3) is 17.1. The summed E-state index contributed by atoms with van der Waals surface area (Å²) in [5, 5.41) is 6.14. The average molecular weight is 896 g/mol. The molecular weight excluding hydrogens is 833 g/mol. The highest BCUT2D eigenvalue weighted by molar-refractivity contribution is 6.32. The molecule has 0 aliphatic carbocycles.